The van der Waals surface area contributed by atoms with Gasteiger partial charge in [0.25, 0.3) is 3.79 Å². The highest BCUT2D eigenvalue weighted by Gasteiger charge is 2.60. The van der Waals surface area contributed by atoms with E-state index in [-0.39, 0.29) is 17.2 Å². The molecule has 0 fully saturated rings. The molecule has 3 rings (SSSR count). The number of ether oxygens (including phenoxy) is 3. The normalized spacial score (nSPS) is 16.3. The van der Waals surface area contributed by atoms with Crippen LogP contribution in [-0.4, -0.2) is 21.8 Å². The quantitative estimate of drug-likeness (QED) is 0.260. The second-order valence-corrected chi connectivity index (χ2v) is 7.48. The maximum Gasteiger partial charge on any atom is 0.468 e. The van der Waals surface area contributed by atoms with Crippen molar-refractivity contribution in [3.63, 3.8) is 0 Å². The molecule has 0 spiro atoms. The van der Waals surface area contributed by atoms with Crippen LogP contribution in [0.4, 0.5) is 17.6 Å². The number of halogens is 7. The highest BCUT2D eigenvalue weighted by molar-refractivity contribution is 6.68. The Bertz CT molecular complexity index is 841. The summed E-state index contributed by atoms with van der Waals surface area (Å²) < 4.78 is 66.1. The molecule has 1 heterocycles. The molecule has 0 saturated carbocycles. The minimum absolute atomic E-state index is 0.0240. The molecular weight excluding hydrogens is 437 g/mol. The Balaban J connectivity index is 2.04. The zero-order valence-corrected chi connectivity index (χ0v) is 15.2. The van der Waals surface area contributed by atoms with Gasteiger partial charge in [0.15, 0.2) is 11.5 Å². The third-order valence-electron chi connectivity index (χ3n) is 3.22. The Morgan fingerprint density at radius 3 is 1.89 bits per heavy atom. The van der Waals surface area contributed by atoms with Gasteiger partial charge in [0.1, 0.15) is 11.6 Å². The van der Waals surface area contributed by atoms with Crippen molar-refractivity contribution in [2.75, 3.05) is 0 Å². The highest BCUT2D eigenvalue weighted by atomic mass is 35.6. The molecule has 0 amide bonds. The zero-order valence-electron chi connectivity index (χ0n) is 12.9. The maximum atomic E-state index is 13.5. The zero-order chi connectivity index (χ0) is 19.9. The molecule has 2 aromatic rings. The molecule has 4 nitrogen and oxygen atoms in total. The van der Waals surface area contributed by atoms with Gasteiger partial charge in [-0.05, 0) is 36.4 Å². The lowest BCUT2D eigenvalue weighted by Crippen LogP contribution is -2.51. The fraction of sp³-hybridized carbons (Fsp3) is 0.188. The van der Waals surface area contributed by atoms with E-state index in [2.05, 4.69) is 4.99 Å². The molecule has 0 saturated heterocycles. The van der Waals surface area contributed by atoms with E-state index in [0.717, 1.165) is 24.3 Å². The lowest BCUT2D eigenvalue weighted by atomic mass is 10.3. The third kappa shape index (κ3) is 4.17. The number of fused-ring (bicyclic) bond motifs is 1. The van der Waals surface area contributed by atoms with Crippen LogP contribution < -0.4 is 14.2 Å². The van der Waals surface area contributed by atoms with Crippen LogP contribution in [0.2, 0.25) is 0 Å². The average molecular weight is 445 g/mol. The number of alkyl halides is 6. The van der Waals surface area contributed by atoms with Gasteiger partial charge in [-0.1, -0.05) is 46.9 Å². The van der Waals surface area contributed by atoms with Crippen LogP contribution in [-0.2, 0) is 0 Å². The van der Waals surface area contributed by atoms with Crippen LogP contribution >= 0.6 is 34.8 Å². The Morgan fingerprint density at radius 2 is 1.44 bits per heavy atom. The molecule has 0 unspecified atom stereocenters. The lowest BCUT2D eigenvalue weighted by Gasteiger charge is -2.30. The molecule has 0 N–H and O–H groups in total. The van der Waals surface area contributed by atoms with E-state index < -0.39 is 27.6 Å². The Hall–Kier alpha value is -1.90. The fourth-order valence-corrected chi connectivity index (χ4v) is 2.41. The van der Waals surface area contributed by atoms with Gasteiger partial charge < -0.3 is 14.2 Å². The first-order valence-corrected chi connectivity index (χ1v) is 8.28. The number of rotatable bonds is 2. The van der Waals surface area contributed by atoms with E-state index in [9.17, 15) is 17.6 Å². The van der Waals surface area contributed by atoms with Gasteiger partial charge in [0, 0.05) is 0 Å². The van der Waals surface area contributed by atoms with Crippen molar-refractivity contribution in [1.82, 2.24) is 0 Å². The molecule has 144 valence electrons. The highest BCUT2D eigenvalue weighted by Crippen LogP contribution is 2.50. The van der Waals surface area contributed by atoms with Crippen molar-refractivity contribution in [2.45, 2.75) is 15.9 Å². The van der Waals surface area contributed by atoms with Gasteiger partial charge in [-0.3, -0.25) is 0 Å². The van der Waals surface area contributed by atoms with Gasteiger partial charge in [-0.25, -0.2) is 4.39 Å². The number of hydrogen-bond donors (Lipinski definition) is 0. The molecule has 0 atom stereocenters. The van der Waals surface area contributed by atoms with Gasteiger partial charge in [0.05, 0.1) is 0 Å². The molecule has 0 radical (unpaired) electrons. The van der Waals surface area contributed by atoms with Crippen LogP contribution in [0.1, 0.15) is 0 Å². The molecule has 0 bridgehead atoms. The second kappa shape index (κ2) is 6.92. The van der Waals surface area contributed by atoms with Gasteiger partial charge >= 0.3 is 18.0 Å². The SMILES string of the molecule is Fc1ccc(O/C(=N/C2(C(Cl)(Cl)Cl)Oc3ccccc3O2)C(F)(F)F)cc1. The van der Waals surface area contributed by atoms with Crippen molar-refractivity contribution in [3.8, 4) is 17.2 Å². The second-order valence-electron chi connectivity index (χ2n) is 5.20. The number of aliphatic imine (C=N–C) groups is 1. The van der Waals surface area contributed by atoms with Crippen LogP contribution in [0.5, 0.6) is 17.2 Å². The van der Waals surface area contributed by atoms with E-state index >= 15 is 0 Å². The minimum atomic E-state index is -5.10. The van der Waals surface area contributed by atoms with Crippen LogP contribution in [0, 0.1) is 5.82 Å². The topological polar surface area (TPSA) is 40.0 Å². The van der Waals surface area contributed by atoms with E-state index in [1.54, 1.807) is 12.1 Å². The minimum Gasteiger partial charge on any atom is -0.435 e. The van der Waals surface area contributed by atoms with Crippen LogP contribution in [0.3, 0.4) is 0 Å². The van der Waals surface area contributed by atoms with E-state index in [1.165, 1.54) is 12.1 Å². The van der Waals surface area contributed by atoms with E-state index in [0.29, 0.717) is 0 Å². The molecule has 1 aliphatic rings. The first-order chi connectivity index (χ1) is 12.5. The van der Waals surface area contributed by atoms with Crippen molar-refractivity contribution in [3.05, 3.63) is 54.3 Å². The summed E-state index contributed by atoms with van der Waals surface area (Å²) in [5.41, 5.74) is 0. The van der Waals surface area contributed by atoms with Gasteiger partial charge in [-0.15, -0.1) is 0 Å². The fourth-order valence-electron chi connectivity index (χ4n) is 2.05. The monoisotopic (exact) mass is 443 g/mol. The molecule has 0 aromatic heterocycles. The summed E-state index contributed by atoms with van der Waals surface area (Å²) >= 11 is 17.4. The van der Waals surface area contributed by atoms with Crippen molar-refractivity contribution < 1.29 is 31.8 Å². The largest absolute Gasteiger partial charge is 0.468 e. The first kappa shape index (κ1) is 19.9. The summed E-state index contributed by atoms with van der Waals surface area (Å²) in [6.07, 6.45) is -5.10. The maximum absolute atomic E-state index is 13.5. The van der Waals surface area contributed by atoms with Crippen LogP contribution in [0.15, 0.2) is 53.5 Å². The molecule has 11 heteroatoms. The van der Waals surface area contributed by atoms with Crippen molar-refractivity contribution in [2.24, 2.45) is 4.99 Å². The summed E-state index contributed by atoms with van der Waals surface area (Å²) in [6.45, 7) is 0. The van der Waals surface area contributed by atoms with Gasteiger partial charge in [0.2, 0.25) is 0 Å². The Morgan fingerprint density at radius 1 is 0.926 bits per heavy atom. The predicted octanol–water partition coefficient (Wildman–Crippen LogP) is 5.66. The summed E-state index contributed by atoms with van der Waals surface area (Å²) in [7, 11) is 0. The molecule has 2 aromatic carbocycles. The first-order valence-electron chi connectivity index (χ1n) is 7.14. The number of hydrogen-bond acceptors (Lipinski definition) is 4. The lowest BCUT2D eigenvalue weighted by molar-refractivity contribution is -0.0911. The summed E-state index contributed by atoms with van der Waals surface area (Å²) in [5, 5.41) is 0. The molecular formula is C16H8Cl3F4NO3. The molecule has 27 heavy (non-hydrogen) atoms. The predicted molar refractivity (Wildman–Crippen MR) is 91.2 cm³/mol. The molecule has 1 aliphatic heterocycles. The van der Waals surface area contributed by atoms with E-state index in [1.807, 2.05) is 0 Å². The Labute approximate surface area is 165 Å². The number of nitrogens with zero attached hydrogens (tertiary/aromatic N) is 1. The summed E-state index contributed by atoms with van der Waals surface area (Å²) in [4.78, 5) is 3.32. The van der Waals surface area contributed by atoms with Crippen molar-refractivity contribution >= 4 is 40.7 Å². The standard InChI is InChI=1S/C16H8Cl3F4NO3/c17-15(18,19)16(26-11-3-1-2-4-12(11)27-16)24-13(14(21,22)23)25-10-7-5-9(20)6-8-10/h1-8H/b24-13+. The van der Waals surface area contributed by atoms with Crippen molar-refractivity contribution in [1.29, 1.82) is 0 Å². The summed E-state index contributed by atoms with van der Waals surface area (Å²) in [5.74, 6) is -5.46. The number of para-hydroxylation sites is 2. The smallest absolute Gasteiger partial charge is 0.435 e. The van der Waals surface area contributed by atoms with E-state index in [4.69, 9.17) is 49.0 Å². The molecule has 0 aliphatic carbocycles. The van der Waals surface area contributed by atoms with Gasteiger partial charge in [-0.2, -0.15) is 18.2 Å². The third-order valence-corrected chi connectivity index (χ3v) is 3.94. The summed E-state index contributed by atoms with van der Waals surface area (Å²) in [6, 6.07) is 9.65. The van der Waals surface area contributed by atoms with Crippen LogP contribution in [0.25, 0.3) is 0 Å². The Kier molecular flexibility index (Phi) is 5.09. The number of benzene rings is 2. The average Bonchev–Trinajstić information content (AvgIpc) is 2.95.